The number of rotatable bonds is 4. The molecular weight excluding hydrogens is 359 g/mol. The molecule has 0 spiro atoms. The van der Waals surface area contributed by atoms with Crippen molar-refractivity contribution in [2.75, 3.05) is 6.26 Å². The summed E-state index contributed by atoms with van der Waals surface area (Å²) in [6.45, 7) is 0. The topological polar surface area (TPSA) is 51.2 Å². The summed E-state index contributed by atoms with van der Waals surface area (Å²) in [4.78, 5) is 11.8. The molecule has 21 heavy (non-hydrogen) atoms. The molecule has 0 fully saturated rings. The first kappa shape index (κ1) is 15.9. The second-order valence-corrected chi connectivity index (χ2v) is 7.51. The van der Waals surface area contributed by atoms with Gasteiger partial charge in [-0.2, -0.15) is 0 Å². The van der Waals surface area contributed by atoms with Crippen molar-refractivity contribution in [3.63, 3.8) is 0 Å². The van der Waals surface area contributed by atoms with Gasteiger partial charge in [-0.3, -0.25) is 4.79 Å². The zero-order valence-corrected chi connectivity index (χ0v) is 13.5. The highest BCUT2D eigenvalue weighted by Gasteiger charge is 2.19. The van der Waals surface area contributed by atoms with E-state index in [1.54, 1.807) is 12.1 Å². The third kappa shape index (κ3) is 3.77. The quantitative estimate of drug-likeness (QED) is 0.610. The van der Waals surface area contributed by atoms with Crippen LogP contribution in [0.25, 0.3) is 0 Å². The zero-order valence-electron chi connectivity index (χ0n) is 11.1. The van der Waals surface area contributed by atoms with Crippen LogP contribution in [0.15, 0.2) is 53.4 Å². The van der Waals surface area contributed by atoms with Crippen molar-refractivity contribution in [3.8, 4) is 0 Å². The maximum Gasteiger partial charge on any atom is 0.180 e. The fourth-order valence-corrected chi connectivity index (χ4v) is 3.00. The highest BCUT2D eigenvalue weighted by Crippen LogP contribution is 2.28. The molecule has 0 aliphatic carbocycles. The fraction of sp³-hybridized carbons (Fsp3) is 0.133. The van der Waals surface area contributed by atoms with Crippen molar-refractivity contribution in [2.24, 2.45) is 0 Å². The molecule has 3 nitrogen and oxygen atoms in total. The van der Waals surface area contributed by atoms with Crippen molar-refractivity contribution in [3.05, 3.63) is 65.5 Å². The Balaban J connectivity index is 2.25. The normalized spacial score (nSPS) is 12.9. The molecule has 0 aliphatic rings. The van der Waals surface area contributed by atoms with Crippen LogP contribution in [0.4, 0.5) is 4.39 Å². The molecule has 0 bridgehead atoms. The maximum absolute atomic E-state index is 12.9. The van der Waals surface area contributed by atoms with E-state index in [-0.39, 0.29) is 10.7 Å². The van der Waals surface area contributed by atoms with E-state index in [1.807, 2.05) is 0 Å². The van der Waals surface area contributed by atoms with Gasteiger partial charge in [-0.1, -0.05) is 28.1 Å². The van der Waals surface area contributed by atoms with Crippen molar-refractivity contribution >= 4 is 31.6 Å². The van der Waals surface area contributed by atoms with Gasteiger partial charge in [0.2, 0.25) is 0 Å². The predicted molar refractivity (Wildman–Crippen MR) is 82.0 cm³/mol. The van der Waals surface area contributed by atoms with E-state index in [9.17, 15) is 17.6 Å². The smallest absolute Gasteiger partial charge is 0.180 e. The number of alkyl halides is 1. The minimum Gasteiger partial charge on any atom is -0.293 e. The van der Waals surface area contributed by atoms with Crippen LogP contribution in [-0.2, 0) is 9.84 Å². The summed E-state index contributed by atoms with van der Waals surface area (Å²) in [6.07, 6.45) is 1.12. The number of sulfone groups is 1. The molecule has 2 aromatic carbocycles. The van der Waals surface area contributed by atoms with E-state index in [2.05, 4.69) is 15.9 Å². The van der Waals surface area contributed by atoms with Crippen LogP contribution in [-0.4, -0.2) is 20.5 Å². The molecule has 2 aromatic rings. The first-order valence-corrected chi connectivity index (χ1v) is 8.83. The maximum atomic E-state index is 12.9. The summed E-state index contributed by atoms with van der Waals surface area (Å²) in [5, 5.41) is 0. The van der Waals surface area contributed by atoms with Crippen LogP contribution in [0.1, 0.15) is 20.7 Å². The number of ketones is 1. The van der Waals surface area contributed by atoms with Gasteiger partial charge in [-0.05, 0) is 42.0 Å². The van der Waals surface area contributed by atoms with Gasteiger partial charge in [0, 0.05) is 11.8 Å². The van der Waals surface area contributed by atoms with Crippen LogP contribution in [0, 0.1) is 5.82 Å². The Morgan fingerprint density at radius 3 is 2.05 bits per heavy atom. The molecule has 1 atom stereocenters. The first-order valence-electron chi connectivity index (χ1n) is 6.03. The van der Waals surface area contributed by atoms with Gasteiger partial charge in [0.15, 0.2) is 15.6 Å². The first-order chi connectivity index (χ1) is 9.79. The lowest BCUT2D eigenvalue weighted by Gasteiger charge is -2.10. The standard InChI is InChI=1S/C15H12BrFO3S/c1-21(19,20)13-8-4-10(5-9-13)14(16)15(18)11-2-6-12(17)7-3-11/h2-9,14H,1H3. The number of benzene rings is 2. The number of carbonyl (C=O) groups excluding carboxylic acids is 1. The summed E-state index contributed by atoms with van der Waals surface area (Å²) in [7, 11) is -3.26. The van der Waals surface area contributed by atoms with Crippen LogP contribution in [0.3, 0.4) is 0 Å². The molecule has 0 aromatic heterocycles. The Morgan fingerprint density at radius 2 is 1.57 bits per heavy atom. The lowest BCUT2D eigenvalue weighted by atomic mass is 10.0. The van der Waals surface area contributed by atoms with Crippen LogP contribution >= 0.6 is 15.9 Å². The number of Topliss-reactive ketones (excluding diaryl/α,β-unsaturated/α-hetero) is 1. The number of hydrogen-bond donors (Lipinski definition) is 0. The Morgan fingerprint density at radius 1 is 1.05 bits per heavy atom. The minimum absolute atomic E-state index is 0.195. The highest BCUT2D eigenvalue weighted by atomic mass is 79.9. The lowest BCUT2D eigenvalue weighted by Crippen LogP contribution is -2.07. The second-order valence-electron chi connectivity index (χ2n) is 4.57. The average Bonchev–Trinajstić information content (AvgIpc) is 2.46. The predicted octanol–water partition coefficient (Wildman–Crippen LogP) is 3.55. The molecule has 2 rings (SSSR count). The van der Waals surface area contributed by atoms with Crippen LogP contribution in [0.5, 0.6) is 0 Å². The van der Waals surface area contributed by atoms with Gasteiger partial charge >= 0.3 is 0 Å². The van der Waals surface area contributed by atoms with E-state index in [0.717, 1.165) is 6.26 Å². The monoisotopic (exact) mass is 370 g/mol. The molecule has 0 saturated heterocycles. The van der Waals surface area contributed by atoms with E-state index >= 15 is 0 Å². The third-order valence-corrected chi connectivity index (χ3v) is 5.03. The molecule has 1 unspecified atom stereocenters. The van der Waals surface area contributed by atoms with Gasteiger partial charge < -0.3 is 0 Å². The van der Waals surface area contributed by atoms with E-state index in [0.29, 0.717) is 11.1 Å². The van der Waals surface area contributed by atoms with Crippen LogP contribution < -0.4 is 0 Å². The lowest BCUT2D eigenvalue weighted by molar-refractivity contribution is 0.0991. The van der Waals surface area contributed by atoms with Gasteiger partial charge in [0.1, 0.15) is 10.6 Å². The Labute approximate surface area is 130 Å². The zero-order chi connectivity index (χ0) is 15.6. The second kappa shape index (κ2) is 6.07. The van der Waals surface area contributed by atoms with Crippen molar-refractivity contribution in [1.29, 1.82) is 0 Å². The Hall–Kier alpha value is -1.53. The minimum atomic E-state index is -3.26. The molecule has 0 amide bonds. The van der Waals surface area contributed by atoms with Gasteiger partial charge in [0.25, 0.3) is 0 Å². The number of hydrogen-bond acceptors (Lipinski definition) is 3. The SMILES string of the molecule is CS(=O)(=O)c1ccc(C(Br)C(=O)c2ccc(F)cc2)cc1. The van der Waals surface area contributed by atoms with Gasteiger partial charge in [-0.25, -0.2) is 12.8 Å². The van der Waals surface area contributed by atoms with E-state index in [4.69, 9.17) is 0 Å². The van der Waals surface area contributed by atoms with Gasteiger partial charge in [0.05, 0.1) is 4.90 Å². The summed E-state index contributed by atoms with van der Waals surface area (Å²) >= 11 is 3.29. The summed E-state index contributed by atoms with van der Waals surface area (Å²) < 4.78 is 35.6. The number of carbonyl (C=O) groups is 1. The molecule has 110 valence electrons. The molecule has 0 heterocycles. The van der Waals surface area contributed by atoms with Gasteiger partial charge in [-0.15, -0.1) is 0 Å². The van der Waals surface area contributed by atoms with E-state index in [1.165, 1.54) is 36.4 Å². The fourth-order valence-electron chi connectivity index (χ4n) is 1.80. The largest absolute Gasteiger partial charge is 0.293 e. The average molecular weight is 371 g/mol. The molecule has 0 saturated carbocycles. The highest BCUT2D eigenvalue weighted by molar-refractivity contribution is 9.09. The Bertz CT molecular complexity index is 753. The summed E-state index contributed by atoms with van der Waals surface area (Å²) in [5.41, 5.74) is 1.02. The van der Waals surface area contributed by atoms with Crippen molar-refractivity contribution in [2.45, 2.75) is 9.72 Å². The van der Waals surface area contributed by atoms with Crippen molar-refractivity contribution < 1.29 is 17.6 Å². The van der Waals surface area contributed by atoms with E-state index < -0.39 is 20.5 Å². The van der Waals surface area contributed by atoms with Crippen molar-refractivity contribution in [1.82, 2.24) is 0 Å². The third-order valence-electron chi connectivity index (χ3n) is 2.96. The number of halogens is 2. The summed E-state index contributed by atoms with van der Waals surface area (Å²) in [5.74, 6) is -0.628. The Kier molecular flexibility index (Phi) is 4.58. The molecule has 6 heteroatoms. The molecular formula is C15H12BrFO3S. The van der Waals surface area contributed by atoms with Crippen LogP contribution in [0.2, 0.25) is 0 Å². The molecule has 0 N–H and O–H groups in total. The molecule has 0 radical (unpaired) electrons. The molecule has 0 aliphatic heterocycles. The summed E-state index contributed by atoms with van der Waals surface area (Å²) in [6, 6.07) is 11.3.